The van der Waals surface area contributed by atoms with Gasteiger partial charge in [-0.2, -0.15) is 0 Å². The van der Waals surface area contributed by atoms with E-state index in [1.165, 1.54) is 12.7 Å². The maximum atomic E-state index is 13.9. The molecular weight excluding hydrogens is 328 g/mol. The molecule has 0 saturated carbocycles. The third-order valence-corrected chi connectivity index (χ3v) is 7.69. The zero-order valence-corrected chi connectivity index (χ0v) is 15.5. The Labute approximate surface area is 154 Å². The number of benzene rings is 1. The van der Waals surface area contributed by atoms with Gasteiger partial charge < -0.3 is 19.9 Å². The molecule has 2 saturated heterocycles. The number of rotatable bonds is 2. The van der Waals surface area contributed by atoms with Crippen LogP contribution in [0.15, 0.2) is 35.5 Å². The number of fused-ring (bicyclic) bond motifs is 1. The summed E-state index contributed by atoms with van der Waals surface area (Å²) < 4.78 is 5.08. The van der Waals surface area contributed by atoms with Gasteiger partial charge in [-0.05, 0) is 37.3 Å². The molecule has 0 aromatic heterocycles. The van der Waals surface area contributed by atoms with Crippen LogP contribution in [0.4, 0.5) is 5.69 Å². The van der Waals surface area contributed by atoms with E-state index in [1.807, 2.05) is 6.07 Å². The van der Waals surface area contributed by atoms with E-state index in [9.17, 15) is 10.0 Å². The van der Waals surface area contributed by atoms with Gasteiger partial charge in [0, 0.05) is 23.2 Å². The Morgan fingerprint density at radius 2 is 2.15 bits per heavy atom. The third-order valence-electron chi connectivity index (χ3n) is 7.69. The number of hydroxylamine groups is 3. The van der Waals surface area contributed by atoms with Crippen LogP contribution in [0, 0.1) is 10.6 Å². The second-order valence-electron chi connectivity index (χ2n) is 8.54. The van der Waals surface area contributed by atoms with E-state index in [4.69, 9.17) is 4.74 Å². The number of quaternary nitrogens is 1. The molecule has 5 heteroatoms. The number of methoxy groups -OCH3 is 1. The number of anilines is 1. The average molecular weight is 354 g/mol. The molecule has 3 heterocycles. The highest BCUT2D eigenvalue weighted by Crippen LogP contribution is 2.67. The van der Waals surface area contributed by atoms with E-state index in [2.05, 4.69) is 30.4 Å². The van der Waals surface area contributed by atoms with Gasteiger partial charge in [0.1, 0.15) is 6.04 Å². The molecule has 4 atom stereocenters. The van der Waals surface area contributed by atoms with E-state index in [-0.39, 0.29) is 27.5 Å². The summed E-state index contributed by atoms with van der Waals surface area (Å²) in [6, 6.07) is 8.28. The van der Waals surface area contributed by atoms with Crippen molar-refractivity contribution in [2.75, 3.05) is 25.5 Å². The SMILES string of the molecule is CC[C@]12CCC[N+]3([O-])CC[C@]4(C(=C(C(=O)OC)C1)Nc1ccccc14)[C@H]23. The molecule has 3 aliphatic heterocycles. The van der Waals surface area contributed by atoms with E-state index >= 15 is 0 Å². The number of nitrogens with zero attached hydrogens (tertiary/aromatic N) is 1. The minimum Gasteiger partial charge on any atom is -0.633 e. The molecule has 2 fully saturated rings. The molecule has 4 aliphatic rings. The minimum absolute atomic E-state index is 0.00620. The maximum absolute atomic E-state index is 13.9. The fraction of sp³-hybridized carbons (Fsp3) is 0.571. The standard InChI is InChI=1S/C21H26N2O3/c1-3-20-9-6-11-23(25)12-10-21(19(20)23)15-7-4-5-8-16(15)22-17(21)14(13-20)18(24)26-2/h4-5,7-8,19,22H,3,6,9-13H2,1-2H3/t19-,20-,21-,23?/m0/s1. The Kier molecular flexibility index (Phi) is 3.21. The van der Waals surface area contributed by atoms with Crippen molar-refractivity contribution in [3.63, 3.8) is 0 Å². The molecule has 138 valence electrons. The number of piperidine rings is 1. The molecule has 0 amide bonds. The largest absolute Gasteiger partial charge is 0.633 e. The molecule has 1 aromatic carbocycles. The number of hydrogen-bond acceptors (Lipinski definition) is 4. The van der Waals surface area contributed by atoms with Gasteiger partial charge in [-0.25, -0.2) is 4.79 Å². The van der Waals surface area contributed by atoms with Crippen LogP contribution in [-0.4, -0.2) is 36.9 Å². The Morgan fingerprint density at radius 3 is 2.92 bits per heavy atom. The molecule has 5 nitrogen and oxygen atoms in total. The lowest BCUT2D eigenvalue weighted by Gasteiger charge is -2.61. The van der Waals surface area contributed by atoms with E-state index in [1.54, 1.807) is 0 Å². The van der Waals surface area contributed by atoms with Crippen LogP contribution in [-0.2, 0) is 14.9 Å². The first-order chi connectivity index (χ1) is 12.5. The lowest BCUT2D eigenvalue weighted by atomic mass is 9.53. The highest BCUT2D eigenvalue weighted by Gasteiger charge is 2.71. The lowest BCUT2D eigenvalue weighted by Crippen LogP contribution is -2.66. The summed E-state index contributed by atoms with van der Waals surface area (Å²) in [6.07, 6.45) is 4.36. The summed E-state index contributed by atoms with van der Waals surface area (Å²) in [5.74, 6) is -0.243. The number of hydrogen-bond donors (Lipinski definition) is 1. The van der Waals surface area contributed by atoms with Crippen molar-refractivity contribution in [3.8, 4) is 0 Å². The van der Waals surface area contributed by atoms with Gasteiger partial charge in [0.2, 0.25) is 0 Å². The Bertz CT molecular complexity index is 834. The molecule has 1 unspecified atom stereocenters. The van der Waals surface area contributed by atoms with Crippen LogP contribution < -0.4 is 5.32 Å². The summed E-state index contributed by atoms with van der Waals surface area (Å²) in [4.78, 5) is 12.7. The fourth-order valence-electron chi connectivity index (χ4n) is 6.80. The van der Waals surface area contributed by atoms with E-state index in [0.29, 0.717) is 19.5 Å². The smallest absolute Gasteiger partial charge is 0.335 e. The van der Waals surface area contributed by atoms with Gasteiger partial charge >= 0.3 is 5.97 Å². The fourth-order valence-corrected chi connectivity index (χ4v) is 6.80. The van der Waals surface area contributed by atoms with Crippen molar-refractivity contribution < 1.29 is 14.2 Å². The zero-order valence-electron chi connectivity index (χ0n) is 15.5. The normalized spacial score (nSPS) is 39.7. The van der Waals surface area contributed by atoms with Gasteiger partial charge in [0.25, 0.3) is 0 Å². The predicted octanol–water partition coefficient (Wildman–Crippen LogP) is 3.46. The number of para-hydroxylation sites is 1. The Balaban J connectivity index is 1.84. The molecule has 1 N–H and O–H groups in total. The molecule has 1 spiro atoms. The quantitative estimate of drug-likeness (QED) is 0.502. The second kappa shape index (κ2) is 5.11. The number of ether oxygens (including phenoxy) is 1. The highest BCUT2D eigenvalue weighted by molar-refractivity contribution is 5.93. The van der Waals surface area contributed by atoms with Crippen molar-refractivity contribution in [2.24, 2.45) is 5.41 Å². The molecule has 0 radical (unpaired) electrons. The first-order valence-corrected chi connectivity index (χ1v) is 9.77. The third kappa shape index (κ3) is 1.71. The number of esters is 1. The topological polar surface area (TPSA) is 61.4 Å². The molecule has 1 aromatic rings. The van der Waals surface area contributed by atoms with Crippen molar-refractivity contribution in [1.82, 2.24) is 0 Å². The minimum atomic E-state index is -0.365. The van der Waals surface area contributed by atoms with Crippen molar-refractivity contribution in [3.05, 3.63) is 46.3 Å². The first kappa shape index (κ1) is 16.3. The van der Waals surface area contributed by atoms with Crippen LogP contribution in [0.1, 0.15) is 44.6 Å². The summed E-state index contributed by atoms with van der Waals surface area (Å²) in [5, 5.41) is 17.5. The molecule has 0 bridgehead atoms. The lowest BCUT2D eigenvalue weighted by molar-refractivity contribution is -0.909. The Hall–Kier alpha value is -1.85. The predicted molar refractivity (Wildman–Crippen MR) is 99.1 cm³/mol. The number of carbonyl (C=O) groups is 1. The summed E-state index contributed by atoms with van der Waals surface area (Å²) in [5.41, 5.74) is 3.49. The zero-order chi connectivity index (χ0) is 18.2. The van der Waals surface area contributed by atoms with Gasteiger partial charge in [-0.15, -0.1) is 0 Å². The number of carbonyl (C=O) groups excluding carboxylic acids is 1. The Morgan fingerprint density at radius 1 is 1.35 bits per heavy atom. The maximum Gasteiger partial charge on any atom is 0.335 e. The molecule has 1 aliphatic carbocycles. The van der Waals surface area contributed by atoms with Gasteiger partial charge in [0.15, 0.2) is 0 Å². The first-order valence-electron chi connectivity index (χ1n) is 9.77. The van der Waals surface area contributed by atoms with Gasteiger partial charge in [0.05, 0.1) is 31.2 Å². The van der Waals surface area contributed by atoms with Gasteiger partial charge in [-0.3, -0.25) is 0 Å². The second-order valence-corrected chi connectivity index (χ2v) is 8.54. The number of nitrogens with one attached hydrogen (secondary N) is 1. The van der Waals surface area contributed by atoms with Crippen molar-refractivity contribution in [1.29, 1.82) is 0 Å². The van der Waals surface area contributed by atoms with Crippen molar-refractivity contribution in [2.45, 2.75) is 50.5 Å². The van der Waals surface area contributed by atoms with E-state index < -0.39 is 0 Å². The average Bonchev–Trinajstić information content (AvgIpc) is 3.17. The summed E-state index contributed by atoms with van der Waals surface area (Å²) in [7, 11) is 1.46. The summed E-state index contributed by atoms with van der Waals surface area (Å²) >= 11 is 0. The molecule has 26 heavy (non-hydrogen) atoms. The highest BCUT2D eigenvalue weighted by atomic mass is 16.6. The van der Waals surface area contributed by atoms with Crippen molar-refractivity contribution >= 4 is 11.7 Å². The molecular formula is C21H26N2O3. The van der Waals surface area contributed by atoms with Crippen LogP contribution in [0.3, 0.4) is 0 Å². The molecule has 5 rings (SSSR count). The van der Waals surface area contributed by atoms with Gasteiger partial charge in [-0.1, -0.05) is 25.1 Å². The summed E-state index contributed by atoms with van der Waals surface area (Å²) in [6.45, 7) is 3.54. The van der Waals surface area contributed by atoms with Crippen LogP contribution in [0.2, 0.25) is 0 Å². The monoisotopic (exact) mass is 354 g/mol. The van der Waals surface area contributed by atoms with E-state index in [0.717, 1.165) is 42.6 Å². The van der Waals surface area contributed by atoms with Crippen LogP contribution >= 0.6 is 0 Å². The van der Waals surface area contributed by atoms with Crippen LogP contribution in [0.5, 0.6) is 0 Å². The van der Waals surface area contributed by atoms with Crippen LogP contribution in [0.25, 0.3) is 0 Å².